The van der Waals surface area contributed by atoms with Crippen LogP contribution >= 0.6 is 23.4 Å². The molecule has 3 rings (SSSR count). The second-order valence-electron chi connectivity index (χ2n) is 7.64. The summed E-state index contributed by atoms with van der Waals surface area (Å²) in [4.78, 5) is 0. The predicted molar refractivity (Wildman–Crippen MR) is 101 cm³/mol. The molecule has 0 radical (unpaired) electrons. The highest BCUT2D eigenvalue weighted by atomic mass is 35.5. The number of hydrogen-bond donors (Lipinski definition) is 1. The van der Waals surface area contributed by atoms with Crippen LogP contribution in [0.2, 0.25) is 0 Å². The second-order valence-corrected chi connectivity index (χ2v) is 12.3. The fourth-order valence-corrected chi connectivity index (χ4v) is 7.17. The monoisotopic (exact) mass is 395 g/mol. The summed E-state index contributed by atoms with van der Waals surface area (Å²) in [6.45, 7) is 0.791. The molecule has 0 bridgehead atoms. The summed E-state index contributed by atoms with van der Waals surface area (Å²) >= 11 is 7.99. The van der Waals surface area contributed by atoms with Crippen molar-refractivity contribution >= 4 is 33.2 Å². The zero-order chi connectivity index (χ0) is 17.2. The van der Waals surface area contributed by atoms with Gasteiger partial charge in [0.25, 0.3) is 0 Å². The highest BCUT2D eigenvalue weighted by Gasteiger charge is 2.34. The first-order valence-corrected chi connectivity index (χ1v) is 12.6. The van der Waals surface area contributed by atoms with E-state index in [9.17, 15) is 8.42 Å². The molecule has 3 fully saturated rings. The molecule has 1 aliphatic carbocycles. The maximum atomic E-state index is 11.7. The Balaban J connectivity index is 1.42. The molecule has 1 N–H and O–H groups in total. The number of rotatable bonds is 5. The lowest BCUT2D eigenvalue weighted by Crippen LogP contribution is -2.49. The van der Waals surface area contributed by atoms with Crippen molar-refractivity contribution in [2.24, 2.45) is 5.92 Å². The van der Waals surface area contributed by atoms with E-state index in [-0.39, 0.29) is 16.2 Å². The van der Waals surface area contributed by atoms with Crippen LogP contribution in [0.25, 0.3) is 0 Å². The Morgan fingerprint density at radius 3 is 2.46 bits per heavy atom. The molecule has 4 atom stereocenters. The molecule has 7 heteroatoms. The van der Waals surface area contributed by atoms with E-state index in [2.05, 4.69) is 5.32 Å². The number of nitrogens with one attached hydrogen (secondary N) is 1. The summed E-state index contributed by atoms with van der Waals surface area (Å²) in [6, 6.07) is 0.487. The Morgan fingerprint density at radius 2 is 1.83 bits per heavy atom. The van der Waals surface area contributed by atoms with Gasteiger partial charge in [0, 0.05) is 17.5 Å². The zero-order valence-corrected chi connectivity index (χ0v) is 16.8. The quantitative estimate of drug-likeness (QED) is 0.721. The fourth-order valence-electron chi connectivity index (χ4n) is 4.36. The summed E-state index contributed by atoms with van der Waals surface area (Å²) in [7, 11) is -2.87. The normalized spacial score (nSPS) is 41.4. The third-order valence-corrected chi connectivity index (χ3v) is 9.31. The smallest absolute Gasteiger partial charge is 0.150 e. The molecule has 4 nitrogen and oxygen atoms in total. The lowest BCUT2D eigenvalue weighted by atomic mass is 9.80. The van der Waals surface area contributed by atoms with E-state index in [1.165, 1.54) is 19.1 Å². The van der Waals surface area contributed by atoms with Crippen molar-refractivity contribution in [3.63, 3.8) is 0 Å². The molecule has 0 aromatic heterocycles. The maximum absolute atomic E-state index is 11.7. The van der Waals surface area contributed by atoms with Crippen molar-refractivity contribution in [2.75, 3.05) is 12.9 Å². The first kappa shape index (κ1) is 19.3. The number of halogens is 1. The van der Waals surface area contributed by atoms with Gasteiger partial charge in [-0.25, -0.2) is 8.42 Å². The summed E-state index contributed by atoms with van der Waals surface area (Å²) in [5.74, 6) is 0.600. The van der Waals surface area contributed by atoms with Gasteiger partial charge in [0.1, 0.15) is 16.1 Å². The largest absolute Gasteiger partial charge is 0.362 e. The van der Waals surface area contributed by atoms with Gasteiger partial charge in [-0.15, -0.1) is 23.4 Å². The third-order valence-electron chi connectivity index (χ3n) is 5.81. The lowest BCUT2D eigenvalue weighted by Gasteiger charge is -2.39. The zero-order valence-electron chi connectivity index (χ0n) is 14.5. The van der Waals surface area contributed by atoms with Crippen molar-refractivity contribution in [3.8, 4) is 0 Å². The summed E-state index contributed by atoms with van der Waals surface area (Å²) in [5.41, 5.74) is 0. The van der Waals surface area contributed by atoms with Crippen molar-refractivity contribution in [2.45, 2.75) is 85.3 Å². The van der Waals surface area contributed by atoms with E-state index in [1.807, 2.05) is 11.8 Å². The first-order chi connectivity index (χ1) is 11.4. The van der Waals surface area contributed by atoms with E-state index in [1.54, 1.807) is 0 Å². The molecule has 0 aromatic carbocycles. The SMILES string of the molecule is CS(=O)(=O)C1CCC(C2CCCC(OCC3CCC(Cl)S3)N2)CC1. The molecule has 0 aromatic rings. The molecular formula is C17H30ClNO3S2. The highest BCUT2D eigenvalue weighted by molar-refractivity contribution is 8.01. The van der Waals surface area contributed by atoms with E-state index in [0.717, 1.165) is 51.6 Å². The molecule has 2 heterocycles. The molecule has 1 saturated carbocycles. The van der Waals surface area contributed by atoms with Crippen LogP contribution in [0.15, 0.2) is 0 Å². The van der Waals surface area contributed by atoms with Crippen LogP contribution in [-0.4, -0.2) is 48.8 Å². The molecule has 24 heavy (non-hydrogen) atoms. The van der Waals surface area contributed by atoms with Crippen molar-refractivity contribution in [1.29, 1.82) is 0 Å². The number of thioether (sulfide) groups is 1. The van der Waals surface area contributed by atoms with E-state index in [4.69, 9.17) is 16.3 Å². The average molecular weight is 396 g/mol. The minimum Gasteiger partial charge on any atom is -0.362 e. The van der Waals surface area contributed by atoms with Crippen molar-refractivity contribution in [1.82, 2.24) is 5.32 Å². The van der Waals surface area contributed by atoms with E-state index >= 15 is 0 Å². The molecular weight excluding hydrogens is 366 g/mol. The summed E-state index contributed by atoms with van der Waals surface area (Å²) < 4.78 is 29.8. The van der Waals surface area contributed by atoms with Gasteiger partial charge >= 0.3 is 0 Å². The Labute approximate surface area is 155 Å². The highest BCUT2D eigenvalue weighted by Crippen LogP contribution is 2.37. The number of alkyl halides is 1. The number of hydrogen-bond acceptors (Lipinski definition) is 5. The fraction of sp³-hybridized carbons (Fsp3) is 1.00. The molecule has 0 spiro atoms. The molecule has 4 unspecified atom stereocenters. The predicted octanol–water partition coefficient (Wildman–Crippen LogP) is 3.54. The van der Waals surface area contributed by atoms with Gasteiger partial charge in [0.2, 0.25) is 0 Å². The van der Waals surface area contributed by atoms with Crippen molar-refractivity contribution < 1.29 is 13.2 Å². The van der Waals surface area contributed by atoms with E-state index in [0.29, 0.717) is 17.2 Å². The molecule has 2 aliphatic heterocycles. The van der Waals surface area contributed by atoms with Crippen LogP contribution in [0, 0.1) is 5.92 Å². The molecule has 3 aliphatic rings. The third kappa shape index (κ3) is 5.26. The molecule has 2 saturated heterocycles. The van der Waals surface area contributed by atoms with Crippen LogP contribution in [0.5, 0.6) is 0 Å². The number of sulfone groups is 1. The average Bonchev–Trinajstić information content (AvgIpc) is 2.98. The summed E-state index contributed by atoms with van der Waals surface area (Å²) in [5, 5.41) is 4.12. The van der Waals surface area contributed by atoms with Gasteiger partial charge in [-0.3, -0.25) is 5.32 Å². The Morgan fingerprint density at radius 1 is 1.08 bits per heavy atom. The van der Waals surface area contributed by atoms with Crippen LogP contribution in [0.4, 0.5) is 0 Å². The van der Waals surface area contributed by atoms with Gasteiger partial charge in [0.05, 0.1) is 16.6 Å². The van der Waals surface area contributed by atoms with Crippen LogP contribution < -0.4 is 5.32 Å². The van der Waals surface area contributed by atoms with Gasteiger partial charge in [-0.2, -0.15) is 0 Å². The summed E-state index contributed by atoms with van der Waals surface area (Å²) in [6.07, 6.45) is 10.9. The van der Waals surface area contributed by atoms with Gasteiger partial charge < -0.3 is 4.74 Å². The molecule has 0 amide bonds. The minimum atomic E-state index is -2.87. The Kier molecular flexibility index (Phi) is 6.80. The second kappa shape index (κ2) is 8.47. The van der Waals surface area contributed by atoms with Crippen molar-refractivity contribution in [3.05, 3.63) is 0 Å². The van der Waals surface area contributed by atoms with E-state index < -0.39 is 9.84 Å². The number of piperidine rings is 1. The van der Waals surface area contributed by atoms with Crippen LogP contribution in [-0.2, 0) is 14.6 Å². The lowest BCUT2D eigenvalue weighted by molar-refractivity contribution is -0.00961. The minimum absolute atomic E-state index is 0.118. The Hall–Kier alpha value is 0.510. The van der Waals surface area contributed by atoms with Gasteiger partial charge in [-0.1, -0.05) is 0 Å². The van der Waals surface area contributed by atoms with Gasteiger partial charge in [-0.05, 0) is 63.7 Å². The van der Waals surface area contributed by atoms with Gasteiger partial charge in [0.15, 0.2) is 0 Å². The number of ether oxygens (including phenoxy) is 1. The molecule has 140 valence electrons. The topological polar surface area (TPSA) is 55.4 Å². The first-order valence-electron chi connectivity index (χ1n) is 9.28. The standard InChI is InChI=1S/C17H30ClNO3S2/c1-24(20,21)14-8-5-12(6-9-14)15-3-2-4-17(19-15)22-11-13-7-10-16(18)23-13/h12-17,19H,2-11H2,1H3. The Bertz CT molecular complexity index is 508. The maximum Gasteiger partial charge on any atom is 0.150 e. The van der Waals surface area contributed by atoms with Crippen LogP contribution in [0.3, 0.4) is 0 Å². The van der Waals surface area contributed by atoms with Crippen LogP contribution in [0.1, 0.15) is 57.8 Å².